The third-order valence-electron chi connectivity index (χ3n) is 2.52. The highest BCUT2D eigenvalue weighted by Gasteiger charge is 2.18. The zero-order valence-electron chi connectivity index (χ0n) is 10.2. The number of ether oxygens (including phenoxy) is 1. The van der Waals surface area contributed by atoms with Gasteiger partial charge in [-0.3, -0.25) is 9.59 Å². The summed E-state index contributed by atoms with van der Waals surface area (Å²) in [5, 5.41) is 9.11. The van der Waals surface area contributed by atoms with Gasteiger partial charge in [-0.2, -0.15) is 0 Å². The Morgan fingerprint density at radius 1 is 1.29 bits per heavy atom. The number of hydrogen-bond acceptors (Lipinski definition) is 4. The molecule has 0 fully saturated rings. The first-order valence-corrected chi connectivity index (χ1v) is 6.11. The molecule has 0 saturated heterocycles. The summed E-state index contributed by atoms with van der Waals surface area (Å²) < 4.78 is 4.86. The molecule has 0 aromatic carbocycles. The zero-order chi connectivity index (χ0) is 13.4. The molecule has 100 valence electrons. The van der Waals surface area contributed by atoms with E-state index in [4.69, 9.17) is 27.2 Å². The number of nitrogens with two attached hydrogens (primary N) is 1. The number of aliphatic hydroxyl groups excluding tert-OH is 1. The number of rotatable bonds is 8. The van der Waals surface area contributed by atoms with Gasteiger partial charge in [0.25, 0.3) is 0 Å². The molecule has 5 nitrogen and oxygen atoms in total. The number of esters is 1. The molecular weight excluding hydrogens is 246 g/mol. The maximum absolute atomic E-state index is 11.5. The van der Waals surface area contributed by atoms with Crippen LogP contribution in [0.15, 0.2) is 0 Å². The minimum atomic E-state index is -0.836. The zero-order valence-corrected chi connectivity index (χ0v) is 10.9. The van der Waals surface area contributed by atoms with Crippen molar-refractivity contribution in [2.75, 3.05) is 12.5 Å². The van der Waals surface area contributed by atoms with Crippen molar-refractivity contribution < 1.29 is 19.4 Å². The van der Waals surface area contributed by atoms with Crippen LogP contribution in [0.5, 0.6) is 0 Å². The van der Waals surface area contributed by atoms with Gasteiger partial charge in [-0.1, -0.05) is 13.8 Å². The van der Waals surface area contributed by atoms with Crippen LogP contribution in [0.2, 0.25) is 0 Å². The van der Waals surface area contributed by atoms with Crippen LogP contribution in [0.3, 0.4) is 0 Å². The first kappa shape index (κ1) is 16.2. The number of halogens is 1. The lowest BCUT2D eigenvalue weighted by atomic mass is 9.98. The molecule has 3 unspecified atom stereocenters. The normalized spacial score (nSPS) is 16.0. The van der Waals surface area contributed by atoms with E-state index in [-0.39, 0.29) is 30.2 Å². The summed E-state index contributed by atoms with van der Waals surface area (Å²) >= 11 is 5.36. The van der Waals surface area contributed by atoms with Gasteiger partial charge in [0.2, 0.25) is 5.91 Å². The van der Waals surface area contributed by atoms with Crippen LogP contribution < -0.4 is 5.73 Å². The molecule has 0 rings (SSSR count). The second-order valence-corrected chi connectivity index (χ2v) is 4.53. The Labute approximate surface area is 106 Å². The van der Waals surface area contributed by atoms with Gasteiger partial charge in [-0.05, 0) is 12.8 Å². The highest BCUT2D eigenvalue weighted by atomic mass is 35.5. The molecule has 0 aromatic rings. The topological polar surface area (TPSA) is 89.6 Å². The molecule has 3 atom stereocenters. The lowest BCUT2D eigenvalue weighted by Gasteiger charge is -2.14. The molecule has 0 radical (unpaired) electrons. The van der Waals surface area contributed by atoms with Crippen molar-refractivity contribution in [1.82, 2.24) is 0 Å². The summed E-state index contributed by atoms with van der Waals surface area (Å²) in [5.41, 5.74) is 5.11. The Morgan fingerprint density at radius 3 is 2.29 bits per heavy atom. The molecule has 6 heteroatoms. The Balaban J connectivity index is 3.86. The van der Waals surface area contributed by atoms with E-state index in [1.54, 1.807) is 13.8 Å². The van der Waals surface area contributed by atoms with Crippen molar-refractivity contribution >= 4 is 23.5 Å². The van der Waals surface area contributed by atoms with Crippen LogP contribution in [0.25, 0.3) is 0 Å². The summed E-state index contributed by atoms with van der Waals surface area (Å²) in [6.07, 6.45) is 0.237. The van der Waals surface area contributed by atoms with Crippen molar-refractivity contribution in [2.24, 2.45) is 17.6 Å². The van der Waals surface area contributed by atoms with E-state index in [2.05, 4.69) is 0 Å². The third-order valence-corrected chi connectivity index (χ3v) is 2.87. The predicted molar refractivity (Wildman–Crippen MR) is 64.4 cm³/mol. The number of carbonyl (C=O) groups is 2. The first-order chi connectivity index (χ1) is 7.88. The van der Waals surface area contributed by atoms with Crippen molar-refractivity contribution in [3.63, 3.8) is 0 Å². The fraction of sp³-hybridized carbons (Fsp3) is 0.818. The summed E-state index contributed by atoms with van der Waals surface area (Å²) in [5.74, 6) is -1.31. The quantitative estimate of drug-likeness (QED) is 0.499. The van der Waals surface area contributed by atoms with E-state index in [0.29, 0.717) is 12.8 Å². The fourth-order valence-electron chi connectivity index (χ4n) is 1.13. The maximum atomic E-state index is 11.5. The van der Waals surface area contributed by atoms with Crippen LogP contribution in [0.4, 0.5) is 0 Å². The lowest BCUT2D eigenvalue weighted by molar-refractivity contribution is -0.151. The lowest BCUT2D eigenvalue weighted by Crippen LogP contribution is -2.25. The predicted octanol–water partition coefficient (Wildman–Crippen LogP) is 0.667. The minimum absolute atomic E-state index is 0.0281. The van der Waals surface area contributed by atoms with Crippen LogP contribution >= 0.6 is 11.6 Å². The summed E-state index contributed by atoms with van der Waals surface area (Å²) in [7, 11) is 0. The van der Waals surface area contributed by atoms with Crippen LogP contribution in [0.1, 0.15) is 26.7 Å². The summed E-state index contributed by atoms with van der Waals surface area (Å²) in [4.78, 5) is 22.2. The average molecular weight is 266 g/mol. The van der Waals surface area contributed by atoms with Gasteiger partial charge in [0, 0.05) is 5.92 Å². The van der Waals surface area contributed by atoms with Crippen molar-refractivity contribution in [3.8, 4) is 0 Å². The average Bonchev–Trinajstić information content (AvgIpc) is 2.31. The molecule has 3 N–H and O–H groups in total. The van der Waals surface area contributed by atoms with E-state index < -0.39 is 12.1 Å². The van der Waals surface area contributed by atoms with Gasteiger partial charge in [0.05, 0.1) is 11.8 Å². The number of primary amides is 1. The molecule has 0 spiro atoms. The van der Waals surface area contributed by atoms with Gasteiger partial charge in [-0.25, -0.2) is 0 Å². The molecule has 17 heavy (non-hydrogen) atoms. The smallest absolute Gasteiger partial charge is 0.308 e. The Morgan fingerprint density at radius 2 is 1.82 bits per heavy atom. The van der Waals surface area contributed by atoms with E-state index >= 15 is 0 Å². The monoisotopic (exact) mass is 265 g/mol. The summed E-state index contributed by atoms with van der Waals surface area (Å²) in [6.45, 7) is 3.33. The van der Waals surface area contributed by atoms with E-state index in [1.165, 1.54) is 0 Å². The molecule has 0 aliphatic carbocycles. The molecule has 0 saturated carbocycles. The number of aliphatic hydroxyl groups is 1. The van der Waals surface area contributed by atoms with Gasteiger partial charge < -0.3 is 15.6 Å². The van der Waals surface area contributed by atoms with E-state index in [1.807, 2.05) is 0 Å². The number of carbonyl (C=O) groups excluding carboxylic acids is 2. The number of amides is 1. The van der Waals surface area contributed by atoms with Crippen LogP contribution in [0, 0.1) is 11.8 Å². The molecule has 0 aliphatic heterocycles. The number of hydrogen-bond donors (Lipinski definition) is 2. The van der Waals surface area contributed by atoms with Crippen LogP contribution in [-0.2, 0) is 14.3 Å². The maximum Gasteiger partial charge on any atom is 0.308 e. The first-order valence-electron chi connectivity index (χ1n) is 5.58. The third kappa shape index (κ3) is 7.18. The Bertz CT molecular complexity index is 260. The second kappa shape index (κ2) is 8.31. The highest BCUT2D eigenvalue weighted by Crippen LogP contribution is 2.13. The molecule has 1 amide bonds. The Hall–Kier alpha value is -0.810. The molecule has 0 bridgehead atoms. The van der Waals surface area contributed by atoms with Gasteiger partial charge >= 0.3 is 5.97 Å². The molecule has 0 aliphatic rings. The molecular formula is C11H20ClNO4. The van der Waals surface area contributed by atoms with Crippen LogP contribution in [-0.4, -0.2) is 35.6 Å². The fourth-order valence-corrected chi connectivity index (χ4v) is 1.21. The molecule has 0 aromatic heterocycles. The largest absolute Gasteiger partial charge is 0.463 e. The standard InChI is InChI=1S/C11H20ClNO4/c1-7(10(13)15)3-4-8(2)11(16)17-6-9(14)5-12/h7-9,14H,3-6H2,1-2H3,(H2,13,15). The van der Waals surface area contributed by atoms with Crippen molar-refractivity contribution in [3.05, 3.63) is 0 Å². The van der Waals surface area contributed by atoms with Gasteiger partial charge in [0.15, 0.2) is 0 Å². The SMILES string of the molecule is CC(CCC(C)C(=O)OCC(O)CCl)C(N)=O. The van der Waals surface area contributed by atoms with Crippen molar-refractivity contribution in [1.29, 1.82) is 0 Å². The van der Waals surface area contributed by atoms with Gasteiger partial charge in [0.1, 0.15) is 12.7 Å². The summed E-state index contributed by atoms with van der Waals surface area (Å²) in [6, 6.07) is 0. The van der Waals surface area contributed by atoms with E-state index in [0.717, 1.165) is 0 Å². The van der Waals surface area contributed by atoms with E-state index in [9.17, 15) is 9.59 Å². The minimum Gasteiger partial charge on any atom is -0.463 e. The van der Waals surface area contributed by atoms with Crippen molar-refractivity contribution in [2.45, 2.75) is 32.8 Å². The Kier molecular flexibility index (Phi) is 7.91. The second-order valence-electron chi connectivity index (χ2n) is 4.22. The van der Waals surface area contributed by atoms with Gasteiger partial charge in [-0.15, -0.1) is 11.6 Å². The number of alkyl halides is 1. The highest BCUT2D eigenvalue weighted by molar-refractivity contribution is 6.18. The molecule has 0 heterocycles.